The number of fused-ring (bicyclic) bond motifs is 1. The first-order valence-corrected chi connectivity index (χ1v) is 9.85. The molecule has 0 spiro atoms. The van der Waals surface area contributed by atoms with Crippen LogP contribution in [-0.4, -0.2) is 53.9 Å². The molecule has 11 heteroatoms. The molecule has 3 aromatic carbocycles. The Labute approximate surface area is 191 Å². The monoisotopic (exact) mass is 472 g/mol. The number of carboxylic acid groups (broad SMARTS) is 1. The van der Waals surface area contributed by atoms with Gasteiger partial charge in [-0.1, -0.05) is 0 Å². The number of carbonyl (C=O) groups is 1. The van der Waals surface area contributed by atoms with Crippen LogP contribution in [0.1, 0.15) is 39.1 Å². The maximum Gasteiger partial charge on any atom is 0.336 e. The molecule has 1 aliphatic rings. The first kappa shape index (κ1) is 22.5. The van der Waals surface area contributed by atoms with Crippen molar-refractivity contribution >= 4 is 5.97 Å². The lowest BCUT2D eigenvalue weighted by molar-refractivity contribution is 0.0691. The van der Waals surface area contributed by atoms with Crippen molar-refractivity contribution in [2.45, 2.75) is 18.4 Å². The number of rotatable bonds is 4. The maximum atomic E-state index is 12.1. The van der Waals surface area contributed by atoms with Gasteiger partial charge in [0.15, 0.2) is 28.7 Å². The van der Waals surface area contributed by atoms with Gasteiger partial charge in [0.05, 0.1) is 12.7 Å². The van der Waals surface area contributed by atoms with Crippen molar-refractivity contribution in [2.24, 2.45) is 0 Å². The Morgan fingerprint density at radius 2 is 1.53 bits per heavy atom. The van der Waals surface area contributed by atoms with Crippen LogP contribution in [0.4, 0.5) is 0 Å². The van der Waals surface area contributed by atoms with Crippen LogP contribution in [0, 0.1) is 0 Å². The summed E-state index contributed by atoms with van der Waals surface area (Å²) in [5.41, 5.74) is -0.449. The normalized spacial score (nSPS) is 17.0. The highest BCUT2D eigenvalue weighted by molar-refractivity contribution is 5.92. The molecule has 178 valence electrons. The summed E-state index contributed by atoms with van der Waals surface area (Å²) >= 11 is 0. The fraction of sp³-hybridized carbons (Fsp3) is 0.174. The van der Waals surface area contributed by atoms with Crippen molar-refractivity contribution in [1.82, 2.24) is 0 Å². The van der Waals surface area contributed by atoms with E-state index in [1.165, 1.54) is 13.2 Å². The molecule has 0 amide bonds. The summed E-state index contributed by atoms with van der Waals surface area (Å²) in [6.07, 6.45) is -1.36. The highest BCUT2D eigenvalue weighted by Crippen LogP contribution is 2.54. The molecule has 4 rings (SSSR count). The Hall–Kier alpha value is -4.67. The van der Waals surface area contributed by atoms with Gasteiger partial charge in [0.2, 0.25) is 5.75 Å². The third-order valence-corrected chi connectivity index (χ3v) is 5.73. The Bertz CT molecular complexity index is 1290. The van der Waals surface area contributed by atoms with Crippen LogP contribution < -0.4 is 9.47 Å². The average Bonchev–Trinajstić information content (AvgIpc) is 2.78. The average molecular weight is 472 g/mol. The van der Waals surface area contributed by atoms with Crippen molar-refractivity contribution < 1.29 is 55.1 Å². The van der Waals surface area contributed by atoms with Gasteiger partial charge in [-0.3, -0.25) is 0 Å². The van der Waals surface area contributed by atoms with Crippen LogP contribution in [0.15, 0.2) is 30.3 Å². The van der Waals surface area contributed by atoms with E-state index in [0.29, 0.717) is 0 Å². The number of phenolic OH excluding ortho intramolecular Hbond substituents is 7. The highest BCUT2D eigenvalue weighted by atomic mass is 16.5. The van der Waals surface area contributed by atoms with Gasteiger partial charge < -0.3 is 50.3 Å². The zero-order valence-corrected chi connectivity index (χ0v) is 17.6. The molecule has 0 radical (unpaired) electrons. The van der Waals surface area contributed by atoms with E-state index in [0.717, 1.165) is 24.3 Å². The van der Waals surface area contributed by atoms with Crippen molar-refractivity contribution in [2.75, 3.05) is 7.11 Å². The van der Waals surface area contributed by atoms with Crippen LogP contribution in [0.2, 0.25) is 0 Å². The van der Waals surface area contributed by atoms with E-state index < -0.39 is 52.3 Å². The minimum atomic E-state index is -1.46. The molecule has 3 aromatic rings. The van der Waals surface area contributed by atoms with Crippen molar-refractivity contribution in [3.63, 3.8) is 0 Å². The SMILES string of the molecule is COc1cc(C(=O)O)c(C2Cc3c(O)cc(O)cc3O[C@@H]2c2cc(O)c(O)c(O)c2)c(O)c1O. The number of hydrogen-bond acceptors (Lipinski definition) is 10. The minimum Gasteiger partial charge on any atom is -0.508 e. The first-order valence-electron chi connectivity index (χ1n) is 9.85. The number of carboxylic acids is 1. The second kappa shape index (κ2) is 8.03. The topological polar surface area (TPSA) is 197 Å². The molecule has 0 aliphatic carbocycles. The molecule has 1 heterocycles. The summed E-state index contributed by atoms with van der Waals surface area (Å²) in [6.45, 7) is 0. The largest absolute Gasteiger partial charge is 0.508 e. The number of hydrogen-bond donors (Lipinski definition) is 8. The first-order chi connectivity index (χ1) is 16.0. The summed E-state index contributed by atoms with van der Waals surface area (Å²) in [5.74, 6) is -7.20. The van der Waals surface area contributed by atoms with Crippen LogP contribution >= 0.6 is 0 Å². The van der Waals surface area contributed by atoms with Crippen LogP contribution in [0.3, 0.4) is 0 Å². The summed E-state index contributed by atoms with van der Waals surface area (Å²) < 4.78 is 10.9. The molecular formula is C23H20O11. The Morgan fingerprint density at radius 1 is 0.882 bits per heavy atom. The van der Waals surface area contributed by atoms with Crippen molar-refractivity contribution in [3.05, 3.63) is 52.6 Å². The molecule has 1 unspecified atom stereocenters. The summed E-state index contributed by atoms with van der Waals surface area (Å²) in [5, 5.41) is 81.0. The summed E-state index contributed by atoms with van der Waals surface area (Å²) in [7, 11) is 1.18. The fourth-order valence-electron chi connectivity index (χ4n) is 4.17. The van der Waals surface area contributed by atoms with Crippen LogP contribution in [0.25, 0.3) is 0 Å². The standard InChI is InChI=1S/C23H20O11/c1-33-17-7-12(23(31)32)18(21(30)20(17)29)11-6-10-13(25)4-9(24)5-16(10)34-22(11)8-2-14(26)19(28)15(27)3-8/h2-5,7,11,22,24-30H,6H2,1H3,(H,31,32)/t11?,22-/m1/s1. The van der Waals surface area contributed by atoms with E-state index in [-0.39, 0.29) is 46.1 Å². The smallest absolute Gasteiger partial charge is 0.336 e. The predicted molar refractivity (Wildman–Crippen MR) is 114 cm³/mol. The van der Waals surface area contributed by atoms with Gasteiger partial charge in [-0.25, -0.2) is 4.79 Å². The van der Waals surface area contributed by atoms with E-state index in [2.05, 4.69) is 0 Å². The third-order valence-electron chi connectivity index (χ3n) is 5.73. The van der Waals surface area contributed by atoms with Crippen molar-refractivity contribution in [3.8, 4) is 51.7 Å². The van der Waals surface area contributed by atoms with Gasteiger partial charge in [0, 0.05) is 34.7 Å². The number of benzene rings is 3. The van der Waals surface area contributed by atoms with E-state index in [4.69, 9.17) is 9.47 Å². The van der Waals surface area contributed by atoms with Gasteiger partial charge in [0.25, 0.3) is 0 Å². The molecule has 0 fully saturated rings. The molecule has 0 saturated heterocycles. The molecule has 34 heavy (non-hydrogen) atoms. The second-order valence-corrected chi connectivity index (χ2v) is 7.74. The second-order valence-electron chi connectivity index (χ2n) is 7.74. The molecule has 8 N–H and O–H groups in total. The molecule has 0 saturated carbocycles. The highest BCUT2D eigenvalue weighted by Gasteiger charge is 2.40. The quantitative estimate of drug-likeness (QED) is 0.260. The lowest BCUT2D eigenvalue weighted by atomic mass is 9.79. The Balaban J connectivity index is 2.00. The number of ether oxygens (including phenoxy) is 2. The zero-order chi connectivity index (χ0) is 24.9. The van der Waals surface area contributed by atoms with Gasteiger partial charge in [-0.2, -0.15) is 0 Å². The van der Waals surface area contributed by atoms with Crippen molar-refractivity contribution in [1.29, 1.82) is 0 Å². The number of methoxy groups -OCH3 is 1. The number of phenols is 7. The summed E-state index contributed by atoms with van der Waals surface area (Å²) in [4.78, 5) is 12.1. The molecule has 1 aliphatic heterocycles. The number of aromatic carboxylic acids is 1. The lowest BCUT2D eigenvalue weighted by Gasteiger charge is -2.35. The molecular weight excluding hydrogens is 452 g/mol. The van der Waals surface area contributed by atoms with E-state index in [1.54, 1.807) is 0 Å². The zero-order valence-electron chi connectivity index (χ0n) is 17.6. The molecule has 11 nitrogen and oxygen atoms in total. The van der Waals surface area contributed by atoms with E-state index in [9.17, 15) is 45.6 Å². The van der Waals surface area contributed by atoms with Gasteiger partial charge >= 0.3 is 5.97 Å². The molecule has 0 bridgehead atoms. The van der Waals surface area contributed by atoms with Gasteiger partial charge in [-0.05, 0) is 24.6 Å². The summed E-state index contributed by atoms with van der Waals surface area (Å²) in [6, 6.07) is 5.42. The van der Waals surface area contributed by atoms with Gasteiger partial charge in [0.1, 0.15) is 23.4 Å². The predicted octanol–water partition coefficient (Wildman–Crippen LogP) is 2.79. The van der Waals surface area contributed by atoms with Crippen LogP contribution in [-0.2, 0) is 6.42 Å². The Kier molecular flexibility index (Phi) is 5.32. The Morgan fingerprint density at radius 3 is 2.12 bits per heavy atom. The van der Waals surface area contributed by atoms with Gasteiger partial charge in [-0.15, -0.1) is 0 Å². The van der Waals surface area contributed by atoms with E-state index >= 15 is 0 Å². The maximum absolute atomic E-state index is 12.1. The lowest BCUT2D eigenvalue weighted by Crippen LogP contribution is -2.26. The number of aromatic hydroxyl groups is 7. The fourth-order valence-corrected chi connectivity index (χ4v) is 4.17. The van der Waals surface area contributed by atoms with E-state index in [1.807, 2.05) is 0 Å². The molecule has 2 atom stereocenters. The molecule has 0 aromatic heterocycles. The minimum absolute atomic E-state index is 0.0277. The van der Waals surface area contributed by atoms with Crippen LogP contribution in [0.5, 0.6) is 51.7 Å². The third kappa shape index (κ3) is 3.52.